The van der Waals surface area contributed by atoms with Crippen molar-refractivity contribution in [1.82, 2.24) is 0 Å². The predicted molar refractivity (Wildman–Crippen MR) is 79.2 cm³/mol. The highest BCUT2D eigenvalue weighted by atomic mass is 16.5. The molecular formula is C16H18N2O2. The molecule has 0 fully saturated rings. The maximum absolute atomic E-state index is 7.28. The zero-order valence-corrected chi connectivity index (χ0v) is 11.4. The van der Waals surface area contributed by atoms with Crippen molar-refractivity contribution in [2.24, 2.45) is 5.73 Å². The van der Waals surface area contributed by atoms with E-state index in [4.69, 9.17) is 20.6 Å². The van der Waals surface area contributed by atoms with Gasteiger partial charge in [0.1, 0.15) is 23.9 Å². The van der Waals surface area contributed by atoms with Gasteiger partial charge in [-0.25, -0.2) is 0 Å². The van der Waals surface area contributed by atoms with Gasteiger partial charge in [-0.3, -0.25) is 5.41 Å². The minimum Gasteiger partial charge on any atom is -0.489 e. The van der Waals surface area contributed by atoms with E-state index in [1.807, 2.05) is 42.5 Å². The Morgan fingerprint density at radius 3 is 2.25 bits per heavy atom. The molecule has 0 radical (unpaired) electrons. The summed E-state index contributed by atoms with van der Waals surface area (Å²) in [7, 11) is 0. The fourth-order valence-corrected chi connectivity index (χ4v) is 1.62. The summed E-state index contributed by atoms with van der Waals surface area (Å²) in [6.45, 7) is 2.27. The van der Waals surface area contributed by atoms with Gasteiger partial charge in [0.2, 0.25) is 0 Å². The van der Waals surface area contributed by atoms with Crippen molar-refractivity contribution >= 4 is 5.84 Å². The minimum atomic E-state index is -0.425. The van der Waals surface area contributed by atoms with E-state index in [1.165, 1.54) is 0 Å². The average molecular weight is 270 g/mol. The molecule has 4 nitrogen and oxygen atoms in total. The van der Waals surface area contributed by atoms with Crippen LogP contribution in [-0.2, 0) is 6.61 Å². The topological polar surface area (TPSA) is 68.3 Å². The molecule has 0 spiro atoms. The maximum atomic E-state index is 7.28. The zero-order valence-electron chi connectivity index (χ0n) is 11.4. The van der Waals surface area contributed by atoms with Crippen LogP contribution >= 0.6 is 0 Å². The molecule has 0 aliphatic rings. The molecule has 0 aromatic heterocycles. The van der Waals surface area contributed by atoms with Crippen molar-refractivity contribution in [1.29, 1.82) is 5.41 Å². The molecule has 0 bridgehead atoms. The molecule has 2 rings (SSSR count). The summed E-state index contributed by atoms with van der Waals surface area (Å²) in [6, 6.07) is 17.3. The van der Waals surface area contributed by atoms with Crippen molar-refractivity contribution < 1.29 is 9.47 Å². The molecule has 0 heterocycles. The average Bonchev–Trinajstić information content (AvgIpc) is 2.47. The Morgan fingerprint density at radius 2 is 1.65 bits per heavy atom. The zero-order chi connectivity index (χ0) is 14.4. The maximum Gasteiger partial charge on any atom is 0.152 e. The second kappa shape index (κ2) is 6.61. The van der Waals surface area contributed by atoms with Crippen molar-refractivity contribution in [2.75, 3.05) is 0 Å². The summed E-state index contributed by atoms with van der Waals surface area (Å²) >= 11 is 0. The van der Waals surface area contributed by atoms with E-state index in [1.54, 1.807) is 19.1 Å². The van der Waals surface area contributed by atoms with Gasteiger partial charge >= 0.3 is 0 Å². The number of rotatable bonds is 6. The highest BCUT2D eigenvalue weighted by Crippen LogP contribution is 2.19. The molecule has 1 unspecified atom stereocenters. The lowest BCUT2D eigenvalue weighted by Gasteiger charge is -2.13. The SMILES string of the molecule is CC(Oc1ccc(OCc2ccccc2)cc1)C(=N)N. The summed E-state index contributed by atoms with van der Waals surface area (Å²) in [5, 5.41) is 7.28. The molecule has 0 saturated carbocycles. The van der Waals surface area contributed by atoms with Crippen molar-refractivity contribution in [3.63, 3.8) is 0 Å². The normalized spacial score (nSPS) is 11.7. The number of amidine groups is 1. The molecule has 4 heteroatoms. The first kappa shape index (κ1) is 13.9. The third kappa shape index (κ3) is 4.02. The summed E-state index contributed by atoms with van der Waals surface area (Å²) in [5.74, 6) is 1.45. The van der Waals surface area contributed by atoms with Crippen LogP contribution in [0.3, 0.4) is 0 Å². The number of hydrogen-bond acceptors (Lipinski definition) is 3. The van der Waals surface area contributed by atoms with Crippen molar-refractivity contribution in [3.05, 3.63) is 60.2 Å². The fourth-order valence-electron chi connectivity index (χ4n) is 1.62. The number of nitrogens with two attached hydrogens (primary N) is 1. The van der Waals surface area contributed by atoms with Crippen LogP contribution in [0.5, 0.6) is 11.5 Å². The second-order valence-corrected chi connectivity index (χ2v) is 4.46. The van der Waals surface area contributed by atoms with Gasteiger partial charge in [-0.2, -0.15) is 0 Å². The van der Waals surface area contributed by atoms with Crippen LogP contribution in [0.2, 0.25) is 0 Å². The van der Waals surface area contributed by atoms with Crippen molar-refractivity contribution in [3.8, 4) is 11.5 Å². The lowest BCUT2D eigenvalue weighted by molar-refractivity contribution is 0.282. The highest BCUT2D eigenvalue weighted by Gasteiger charge is 2.06. The van der Waals surface area contributed by atoms with Gasteiger partial charge in [0, 0.05) is 0 Å². The van der Waals surface area contributed by atoms with Gasteiger partial charge in [-0.1, -0.05) is 30.3 Å². The molecular weight excluding hydrogens is 252 g/mol. The largest absolute Gasteiger partial charge is 0.489 e. The summed E-state index contributed by atoms with van der Waals surface area (Å²) in [5.41, 5.74) is 6.48. The Kier molecular flexibility index (Phi) is 4.60. The molecule has 104 valence electrons. The second-order valence-electron chi connectivity index (χ2n) is 4.46. The van der Waals surface area contributed by atoms with E-state index in [9.17, 15) is 0 Å². The standard InChI is InChI=1S/C16H18N2O2/c1-12(16(17)18)20-15-9-7-14(8-10-15)19-11-13-5-3-2-4-6-13/h2-10,12H,11H2,1H3,(H3,17,18). The first-order chi connectivity index (χ1) is 9.65. The summed E-state index contributed by atoms with van der Waals surface area (Å²) in [4.78, 5) is 0. The van der Waals surface area contributed by atoms with Gasteiger partial charge in [0.15, 0.2) is 6.10 Å². The Hall–Kier alpha value is -2.49. The van der Waals surface area contributed by atoms with E-state index in [0.717, 1.165) is 11.3 Å². The molecule has 0 amide bonds. The molecule has 2 aromatic rings. The quantitative estimate of drug-likeness (QED) is 0.626. The van der Waals surface area contributed by atoms with Crippen LogP contribution in [0.1, 0.15) is 12.5 Å². The van der Waals surface area contributed by atoms with Gasteiger partial charge < -0.3 is 15.2 Å². The van der Waals surface area contributed by atoms with Gasteiger partial charge in [0.25, 0.3) is 0 Å². The first-order valence-electron chi connectivity index (χ1n) is 6.42. The number of hydrogen-bond donors (Lipinski definition) is 2. The van der Waals surface area contributed by atoms with Gasteiger partial charge in [0.05, 0.1) is 0 Å². The minimum absolute atomic E-state index is 0.00871. The highest BCUT2D eigenvalue weighted by molar-refractivity contribution is 5.81. The van der Waals surface area contributed by atoms with Crippen LogP contribution in [0.4, 0.5) is 0 Å². The third-order valence-corrected chi connectivity index (χ3v) is 2.82. The summed E-state index contributed by atoms with van der Waals surface area (Å²) < 4.78 is 11.2. The lowest BCUT2D eigenvalue weighted by atomic mass is 10.2. The Morgan fingerprint density at radius 1 is 1.05 bits per heavy atom. The molecule has 0 aliphatic carbocycles. The van der Waals surface area contributed by atoms with Crippen LogP contribution in [-0.4, -0.2) is 11.9 Å². The van der Waals surface area contributed by atoms with Crippen LogP contribution in [0, 0.1) is 5.41 Å². The molecule has 0 aliphatic heterocycles. The van der Waals surface area contributed by atoms with E-state index in [0.29, 0.717) is 12.4 Å². The Labute approximate surface area is 118 Å². The summed E-state index contributed by atoms with van der Waals surface area (Å²) in [6.07, 6.45) is -0.425. The smallest absolute Gasteiger partial charge is 0.152 e. The van der Waals surface area contributed by atoms with E-state index in [2.05, 4.69) is 0 Å². The van der Waals surface area contributed by atoms with Gasteiger partial charge in [-0.05, 0) is 36.8 Å². The Balaban J connectivity index is 1.90. The first-order valence-corrected chi connectivity index (χ1v) is 6.42. The Bertz CT molecular complexity index is 552. The lowest BCUT2D eigenvalue weighted by Crippen LogP contribution is -2.29. The number of nitrogens with one attached hydrogen (secondary N) is 1. The molecule has 0 saturated heterocycles. The van der Waals surface area contributed by atoms with E-state index in [-0.39, 0.29) is 5.84 Å². The van der Waals surface area contributed by atoms with E-state index < -0.39 is 6.10 Å². The predicted octanol–water partition coefficient (Wildman–Crippen LogP) is 2.97. The van der Waals surface area contributed by atoms with Crippen LogP contribution in [0.15, 0.2) is 54.6 Å². The van der Waals surface area contributed by atoms with Crippen LogP contribution in [0.25, 0.3) is 0 Å². The van der Waals surface area contributed by atoms with E-state index >= 15 is 0 Å². The third-order valence-electron chi connectivity index (χ3n) is 2.82. The van der Waals surface area contributed by atoms with Crippen molar-refractivity contribution in [2.45, 2.75) is 19.6 Å². The number of ether oxygens (including phenoxy) is 2. The molecule has 20 heavy (non-hydrogen) atoms. The fraction of sp³-hybridized carbons (Fsp3) is 0.188. The molecule has 3 N–H and O–H groups in total. The molecule has 1 atom stereocenters. The molecule has 2 aromatic carbocycles. The van der Waals surface area contributed by atoms with Crippen LogP contribution < -0.4 is 15.2 Å². The number of benzene rings is 2. The van der Waals surface area contributed by atoms with Gasteiger partial charge in [-0.15, -0.1) is 0 Å². The monoisotopic (exact) mass is 270 g/mol.